The second-order valence-electron chi connectivity index (χ2n) is 5.04. The molecule has 0 unspecified atom stereocenters. The van der Waals surface area contributed by atoms with E-state index >= 15 is 0 Å². The van der Waals surface area contributed by atoms with E-state index in [0.717, 1.165) is 11.3 Å². The van der Waals surface area contributed by atoms with Gasteiger partial charge in [-0.1, -0.05) is 23.4 Å². The third-order valence-electron chi connectivity index (χ3n) is 3.35. The van der Waals surface area contributed by atoms with Crippen molar-refractivity contribution in [2.45, 2.75) is 0 Å². The Morgan fingerprint density at radius 2 is 2.00 bits per heavy atom. The summed E-state index contributed by atoms with van der Waals surface area (Å²) in [6.07, 6.45) is 1.82. The number of nitrogens with zero attached hydrogens (tertiary/aromatic N) is 3. The summed E-state index contributed by atoms with van der Waals surface area (Å²) in [7, 11) is 3.38. The van der Waals surface area contributed by atoms with Crippen molar-refractivity contribution < 1.29 is 9.53 Å². The summed E-state index contributed by atoms with van der Waals surface area (Å²) >= 11 is 0. The third-order valence-corrected chi connectivity index (χ3v) is 3.35. The quantitative estimate of drug-likeness (QED) is 0.804. The van der Waals surface area contributed by atoms with Gasteiger partial charge in [-0.2, -0.15) is 0 Å². The van der Waals surface area contributed by atoms with Gasteiger partial charge < -0.3 is 10.1 Å². The molecule has 3 aromatic rings. The van der Waals surface area contributed by atoms with E-state index in [1.54, 1.807) is 36.1 Å². The highest BCUT2D eigenvalue weighted by Crippen LogP contribution is 2.21. The van der Waals surface area contributed by atoms with Crippen molar-refractivity contribution in [3.8, 4) is 17.0 Å². The number of amides is 1. The Labute approximate surface area is 133 Å². The molecular formula is C17H16N4O2. The predicted octanol–water partition coefficient (Wildman–Crippen LogP) is 2.74. The van der Waals surface area contributed by atoms with Gasteiger partial charge in [-0.25, -0.2) is 0 Å². The van der Waals surface area contributed by atoms with Crippen LogP contribution in [0.1, 0.15) is 10.4 Å². The van der Waals surface area contributed by atoms with Gasteiger partial charge in [0.15, 0.2) is 0 Å². The zero-order valence-corrected chi connectivity index (χ0v) is 12.9. The minimum atomic E-state index is -0.194. The van der Waals surface area contributed by atoms with Crippen molar-refractivity contribution in [3.05, 3.63) is 60.3 Å². The molecule has 1 heterocycles. The number of benzene rings is 2. The first-order valence-electron chi connectivity index (χ1n) is 7.08. The number of ether oxygens (including phenoxy) is 1. The summed E-state index contributed by atoms with van der Waals surface area (Å²) < 4.78 is 6.77. The third kappa shape index (κ3) is 3.37. The number of hydrogen-bond donors (Lipinski definition) is 1. The van der Waals surface area contributed by atoms with E-state index in [-0.39, 0.29) is 5.91 Å². The van der Waals surface area contributed by atoms with Gasteiger partial charge in [-0.15, -0.1) is 5.10 Å². The van der Waals surface area contributed by atoms with Crippen LogP contribution in [0, 0.1) is 0 Å². The van der Waals surface area contributed by atoms with Crippen LogP contribution in [0.2, 0.25) is 0 Å². The average molecular weight is 308 g/mol. The zero-order chi connectivity index (χ0) is 16.2. The molecule has 0 atom stereocenters. The van der Waals surface area contributed by atoms with Crippen LogP contribution >= 0.6 is 0 Å². The molecule has 23 heavy (non-hydrogen) atoms. The van der Waals surface area contributed by atoms with E-state index < -0.39 is 0 Å². The SMILES string of the molecule is COc1cccc(C(=O)Nc2cccc(-c3cn(C)nn3)c2)c1. The van der Waals surface area contributed by atoms with Crippen LogP contribution in [0.4, 0.5) is 5.69 Å². The number of methoxy groups -OCH3 is 1. The molecule has 1 aromatic heterocycles. The van der Waals surface area contributed by atoms with Gasteiger partial charge >= 0.3 is 0 Å². The van der Waals surface area contributed by atoms with E-state index in [9.17, 15) is 4.79 Å². The monoisotopic (exact) mass is 308 g/mol. The van der Waals surface area contributed by atoms with Gasteiger partial charge in [0.05, 0.1) is 13.3 Å². The highest BCUT2D eigenvalue weighted by molar-refractivity contribution is 6.04. The van der Waals surface area contributed by atoms with Crippen LogP contribution in [0.15, 0.2) is 54.7 Å². The van der Waals surface area contributed by atoms with Crippen molar-refractivity contribution in [1.82, 2.24) is 15.0 Å². The molecule has 0 spiro atoms. The zero-order valence-electron chi connectivity index (χ0n) is 12.9. The molecule has 0 aliphatic rings. The lowest BCUT2D eigenvalue weighted by molar-refractivity contribution is 0.102. The van der Waals surface area contributed by atoms with E-state index in [4.69, 9.17) is 4.74 Å². The maximum absolute atomic E-state index is 12.3. The van der Waals surface area contributed by atoms with Crippen LogP contribution in [-0.2, 0) is 7.05 Å². The highest BCUT2D eigenvalue weighted by Gasteiger charge is 2.09. The fourth-order valence-electron chi connectivity index (χ4n) is 2.20. The molecule has 0 saturated carbocycles. The Bertz CT molecular complexity index is 842. The molecule has 116 valence electrons. The molecule has 1 amide bonds. The van der Waals surface area contributed by atoms with Gasteiger partial charge in [0.1, 0.15) is 11.4 Å². The van der Waals surface area contributed by atoms with Crippen molar-refractivity contribution in [3.63, 3.8) is 0 Å². The van der Waals surface area contributed by atoms with Gasteiger partial charge in [-0.05, 0) is 30.3 Å². The molecule has 2 aromatic carbocycles. The fraction of sp³-hybridized carbons (Fsp3) is 0.118. The second-order valence-corrected chi connectivity index (χ2v) is 5.04. The Kier molecular flexibility index (Phi) is 4.05. The minimum absolute atomic E-state index is 0.194. The molecule has 6 nitrogen and oxygen atoms in total. The first kappa shape index (κ1) is 14.8. The smallest absolute Gasteiger partial charge is 0.255 e. The predicted molar refractivity (Wildman–Crippen MR) is 87.4 cm³/mol. The van der Waals surface area contributed by atoms with Crippen LogP contribution in [0.5, 0.6) is 5.75 Å². The summed E-state index contributed by atoms with van der Waals surface area (Å²) in [6.45, 7) is 0. The number of aryl methyl sites for hydroxylation is 1. The van der Waals surface area contributed by atoms with Gasteiger partial charge in [-0.3, -0.25) is 9.48 Å². The number of hydrogen-bond acceptors (Lipinski definition) is 4. The van der Waals surface area contributed by atoms with Crippen molar-refractivity contribution >= 4 is 11.6 Å². The standard InChI is InChI=1S/C17H16N4O2/c1-21-11-16(19-20-21)12-5-3-7-14(9-12)18-17(22)13-6-4-8-15(10-13)23-2/h3-11H,1-2H3,(H,18,22). The molecule has 0 bridgehead atoms. The largest absolute Gasteiger partial charge is 0.497 e. The summed E-state index contributed by atoms with van der Waals surface area (Å²) in [5.41, 5.74) is 2.88. The van der Waals surface area contributed by atoms with Crippen molar-refractivity contribution in [2.24, 2.45) is 7.05 Å². The molecule has 3 rings (SSSR count). The molecular weight excluding hydrogens is 292 g/mol. The molecule has 0 fully saturated rings. The Morgan fingerprint density at radius 1 is 1.17 bits per heavy atom. The number of aromatic nitrogens is 3. The topological polar surface area (TPSA) is 69.0 Å². The van der Waals surface area contributed by atoms with Crippen LogP contribution in [0.25, 0.3) is 11.3 Å². The molecule has 1 N–H and O–H groups in total. The van der Waals surface area contributed by atoms with E-state index in [1.807, 2.05) is 37.5 Å². The van der Waals surface area contributed by atoms with Crippen LogP contribution in [-0.4, -0.2) is 28.0 Å². The molecule has 0 radical (unpaired) electrons. The first-order chi connectivity index (χ1) is 11.2. The summed E-state index contributed by atoms with van der Waals surface area (Å²) in [5, 5.41) is 10.9. The van der Waals surface area contributed by atoms with Crippen molar-refractivity contribution in [1.29, 1.82) is 0 Å². The normalized spacial score (nSPS) is 10.3. The lowest BCUT2D eigenvalue weighted by atomic mass is 10.1. The van der Waals surface area contributed by atoms with E-state index in [0.29, 0.717) is 17.0 Å². The molecule has 0 saturated heterocycles. The Hall–Kier alpha value is -3.15. The maximum Gasteiger partial charge on any atom is 0.255 e. The number of carbonyl (C=O) groups excluding carboxylic acids is 1. The second kappa shape index (κ2) is 6.31. The van der Waals surface area contributed by atoms with E-state index in [1.165, 1.54) is 0 Å². The molecule has 6 heteroatoms. The molecule has 0 aliphatic heterocycles. The summed E-state index contributed by atoms with van der Waals surface area (Å²) in [4.78, 5) is 12.3. The first-order valence-corrected chi connectivity index (χ1v) is 7.08. The van der Waals surface area contributed by atoms with Crippen LogP contribution in [0.3, 0.4) is 0 Å². The van der Waals surface area contributed by atoms with E-state index in [2.05, 4.69) is 15.6 Å². The summed E-state index contributed by atoms with van der Waals surface area (Å²) in [5.74, 6) is 0.450. The average Bonchev–Trinajstić information content (AvgIpc) is 3.02. The van der Waals surface area contributed by atoms with Crippen molar-refractivity contribution in [2.75, 3.05) is 12.4 Å². The Morgan fingerprint density at radius 3 is 2.74 bits per heavy atom. The van der Waals surface area contributed by atoms with Crippen LogP contribution < -0.4 is 10.1 Å². The minimum Gasteiger partial charge on any atom is -0.497 e. The lowest BCUT2D eigenvalue weighted by Gasteiger charge is -2.07. The number of nitrogens with one attached hydrogen (secondary N) is 1. The lowest BCUT2D eigenvalue weighted by Crippen LogP contribution is -2.11. The number of carbonyl (C=O) groups is 1. The van der Waals surface area contributed by atoms with Gasteiger partial charge in [0.2, 0.25) is 0 Å². The summed E-state index contributed by atoms with van der Waals surface area (Å²) in [6, 6.07) is 14.5. The van der Waals surface area contributed by atoms with Gasteiger partial charge in [0, 0.05) is 23.9 Å². The number of rotatable bonds is 4. The Balaban J connectivity index is 1.81. The fourth-order valence-corrected chi connectivity index (χ4v) is 2.20. The van der Waals surface area contributed by atoms with Gasteiger partial charge in [0.25, 0.3) is 5.91 Å². The number of anilines is 1. The highest BCUT2D eigenvalue weighted by atomic mass is 16.5. The molecule has 0 aliphatic carbocycles. The maximum atomic E-state index is 12.3.